The highest BCUT2D eigenvalue weighted by molar-refractivity contribution is 6.32. The van der Waals surface area contributed by atoms with Crippen LogP contribution in [0.25, 0.3) is 0 Å². The molecule has 1 aromatic carbocycles. The van der Waals surface area contributed by atoms with Gasteiger partial charge in [0.15, 0.2) is 0 Å². The minimum atomic E-state index is 0.432. The van der Waals surface area contributed by atoms with E-state index in [-0.39, 0.29) is 0 Å². The van der Waals surface area contributed by atoms with Crippen molar-refractivity contribution in [2.24, 2.45) is 0 Å². The Labute approximate surface area is 92.7 Å². The van der Waals surface area contributed by atoms with Crippen LogP contribution < -0.4 is 10.8 Å². The highest BCUT2D eigenvalue weighted by atomic mass is 14.9. The second kappa shape index (κ2) is 3.29. The van der Waals surface area contributed by atoms with E-state index < -0.39 is 0 Å². The van der Waals surface area contributed by atoms with Gasteiger partial charge in [0, 0.05) is 17.6 Å². The molecule has 0 amide bonds. The second-order valence-corrected chi connectivity index (χ2v) is 5.00. The lowest BCUT2D eigenvalue weighted by Gasteiger charge is -2.33. The first-order valence-electron chi connectivity index (χ1n) is 5.94. The molecule has 1 aromatic rings. The van der Waals surface area contributed by atoms with Gasteiger partial charge in [-0.1, -0.05) is 36.9 Å². The van der Waals surface area contributed by atoms with E-state index in [4.69, 9.17) is 7.85 Å². The molecule has 2 radical (unpaired) electrons. The van der Waals surface area contributed by atoms with Crippen LogP contribution in [0.5, 0.6) is 0 Å². The lowest BCUT2D eigenvalue weighted by molar-refractivity contribution is 0.319. The van der Waals surface area contributed by atoms with Gasteiger partial charge in [-0.15, -0.1) is 0 Å². The summed E-state index contributed by atoms with van der Waals surface area (Å²) in [5, 5.41) is 3.52. The van der Waals surface area contributed by atoms with Crippen molar-refractivity contribution in [3.05, 3.63) is 23.8 Å². The summed E-state index contributed by atoms with van der Waals surface area (Å²) >= 11 is 0. The van der Waals surface area contributed by atoms with E-state index in [0.717, 1.165) is 12.0 Å². The lowest BCUT2D eigenvalue weighted by Crippen LogP contribution is -2.30. The SMILES string of the molecule is [B]c1ccc2c(c1)NCC21CCCCC1. The summed E-state index contributed by atoms with van der Waals surface area (Å²) in [6, 6.07) is 6.36. The number of fused-ring (bicyclic) bond motifs is 2. The molecule has 0 aromatic heterocycles. The molecule has 3 rings (SSSR count). The molecule has 1 fully saturated rings. The van der Waals surface area contributed by atoms with Crippen LogP contribution in [0.3, 0.4) is 0 Å². The van der Waals surface area contributed by atoms with Crippen LogP contribution in [0.1, 0.15) is 37.7 Å². The Morgan fingerprint density at radius 3 is 2.73 bits per heavy atom. The van der Waals surface area contributed by atoms with Crippen molar-refractivity contribution in [1.29, 1.82) is 0 Å². The normalized spacial score (nSPS) is 22.4. The van der Waals surface area contributed by atoms with Crippen molar-refractivity contribution in [2.45, 2.75) is 37.5 Å². The van der Waals surface area contributed by atoms with E-state index >= 15 is 0 Å². The van der Waals surface area contributed by atoms with Gasteiger partial charge in [0.2, 0.25) is 0 Å². The van der Waals surface area contributed by atoms with E-state index in [1.54, 1.807) is 0 Å². The fourth-order valence-electron chi connectivity index (χ4n) is 3.20. The molecule has 2 heteroatoms. The number of nitrogens with one attached hydrogen (secondary N) is 1. The Balaban J connectivity index is 2.03. The molecule has 1 saturated carbocycles. The molecule has 76 valence electrons. The molecular formula is C13H16BN. The Bertz CT molecular complexity index is 380. The Kier molecular flexibility index (Phi) is 2.05. The van der Waals surface area contributed by atoms with Crippen LogP contribution in [-0.4, -0.2) is 14.4 Å². The maximum absolute atomic E-state index is 5.81. The number of rotatable bonds is 0. The first kappa shape index (κ1) is 9.32. The van der Waals surface area contributed by atoms with Crippen molar-refractivity contribution >= 4 is 19.0 Å². The molecule has 0 atom stereocenters. The van der Waals surface area contributed by atoms with Gasteiger partial charge in [-0.2, -0.15) is 0 Å². The average Bonchev–Trinajstić information content (AvgIpc) is 2.58. The van der Waals surface area contributed by atoms with E-state index in [1.165, 1.54) is 43.4 Å². The van der Waals surface area contributed by atoms with E-state index in [1.807, 2.05) is 6.07 Å². The highest BCUT2D eigenvalue weighted by Crippen LogP contribution is 2.45. The predicted octanol–water partition coefficient (Wildman–Crippen LogP) is 2.11. The van der Waals surface area contributed by atoms with Gasteiger partial charge < -0.3 is 5.32 Å². The second-order valence-electron chi connectivity index (χ2n) is 5.00. The minimum absolute atomic E-state index is 0.432. The van der Waals surface area contributed by atoms with Crippen LogP contribution in [0.4, 0.5) is 5.69 Å². The summed E-state index contributed by atoms with van der Waals surface area (Å²) in [7, 11) is 5.81. The standard InChI is InChI=1S/C13H16BN/c14-10-4-5-11-12(8-10)15-9-13(11)6-2-1-3-7-13/h4-5,8,15H,1-3,6-7,9H2. The van der Waals surface area contributed by atoms with Gasteiger partial charge in [-0.05, 0) is 24.5 Å². The minimum Gasteiger partial charge on any atom is -0.384 e. The molecule has 15 heavy (non-hydrogen) atoms. The third-order valence-electron chi connectivity index (χ3n) is 4.04. The van der Waals surface area contributed by atoms with Gasteiger partial charge in [0.05, 0.1) is 0 Å². The smallest absolute Gasteiger partial charge is 0.113 e. The molecule has 2 aliphatic rings. The van der Waals surface area contributed by atoms with Crippen molar-refractivity contribution in [1.82, 2.24) is 0 Å². The number of hydrogen-bond donors (Lipinski definition) is 1. The molecular weight excluding hydrogens is 181 g/mol. The summed E-state index contributed by atoms with van der Waals surface area (Å²) in [6.45, 7) is 1.12. The summed E-state index contributed by atoms with van der Waals surface area (Å²) < 4.78 is 0. The monoisotopic (exact) mass is 197 g/mol. The molecule has 1 nitrogen and oxygen atoms in total. The quantitative estimate of drug-likeness (QED) is 0.628. The van der Waals surface area contributed by atoms with E-state index in [0.29, 0.717) is 5.41 Å². The Morgan fingerprint density at radius 1 is 1.13 bits per heavy atom. The molecule has 0 bridgehead atoms. The zero-order valence-corrected chi connectivity index (χ0v) is 9.05. The van der Waals surface area contributed by atoms with E-state index in [9.17, 15) is 0 Å². The molecule has 0 saturated heterocycles. The molecule has 1 heterocycles. The van der Waals surface area contributed by atoms with Gasteiger partial charge in [0.25, 0.3) is 0 Å². The highest BCUT2D eigenvalue weighted by Gasteiger charge is 2.39. The first-order valence-corrected chi connectivity index (χ1v) is 5.94. The van der Waals surface area contributed by atoms with Crippen molar-refractivity contribution < 1.29 is 0 Å². The molecule has 1 spiro atoms. The topological polar surface area (TPSA) is 12.0 Å². The van der Waals surface area contributed by atoms with E-state index in [2.05, 4.69) is 17.4 Å². The van der Waals surface area contributed by atoms with Crippen molar-refractivity contribution in [3.63, 3.8) is 0 Å². The van der Waals surface area contributed by atoms with Gasteiger partial charge >= 0.3 is 0 Å². The Hall–Kier alpha value is -0.915. The molecule has 1 aliphatic heterocycles. The summed E-state index contributed by atoms with van der Waals surface area (Å²) in [6.07, 6.45) is 6.86. The Morgan fingerprint density at radius 2 is 1.93 bits per heavy atom. The maximum atomic E-state index is 5.81. The fourth-order valence-corrected chi connectivity index (χ4v) is 3.20. The summed E-state index contributed by atoms with van der Waals surface area (Å²) in [4.78, 5) is 0. The zero-order valence-electron chi connectivity index (χ0n) is 9.05. The summed E-state index contributed by atoms with van der Waals surface area (Å²) in [5.74, 6) is 0. The van der Waals surface area contributed by atoms with Crippen molar-refractivity contribution in [3.8, 4) is 0 Å². The predicted molar refractivity (Wildman–Crippen MR) is 65.1 cm³/mol. The van der Waals surface area contributed by atoms with Gasteiger partial charge in [0.1, 0.15) is 7.85 Å². The third kappa shape index (κ3) is 1.38. The van der Waals surface area contributed by atoms with Gasteiger partial charge in [-0.25, -0.2) is 0 Å². The van der Waals surface area contributed by atoms with Gasteiger partial charge in [-0.3, -0.25) is 0 Å². The van der Waals surface area contributed by atoms with Crippen LogP contribution in [-0.2, 0) is 5.41 Å². The average molecular weight is 197 g/mol. The van der Waals surface area contributed by atoms with Crippen LogP contribution in [0.15, 0.2) is 18.2 Å². The molecule has 1 aliphatic carbocycles. The third-order valence-corrected chi connectivity index (χ3v) is 4.04. The largest absolute Gasteiger partial charge is 0.384 e. The number of hydrogen-bond acceptors (Lipinski definition) is 1. The lowest BCUT2D eigenvalue weighted by atomic mass is 9.70. The number of anilines is 1. The first-order chi connectivity index (χ1) is 7.30. The maximum Gasteiger partial charge on any atom is 0.113 e. The molecule has 1 N–H and O–H groups in total. The van der Waals surface area contributed by atoms with Crippen LogP contribution in [0, 0.1) is 0 Å². The van der Waals surface area contributed by atoms with Crippen LogP contribution in [0.2, 0.25) is 0 Å². The zero-order chi connectivity index (χ0) is 10.3. The van der Waals surface area contributed by atoms with Crippen molar-refractivity contribution in [2.75, 3.05) is 11.9 Å². The van der Waals surface area contributed by atoms with Crippen LogP contribution >= 0.6 is 0 Å². The number of benzene rings is 1. The molecule has 0 unspecified atom stereocenters. The fraction of sp³-hybridized carbons (Fsp3) is 0.538. The summed E-state index contributed by atoms with van der Waals surface area (Å²) in [5.41, 5.74) is 4.09.